The fourth-order valence-corrected chi connectivity index (χ4v) is 3.13. The van der Waals surface area contributed by atoms with E-state index in [1.807, 2.05) is 26.2 Å². The number of aliphatic hydroxyl groups excluding tert-OH is 1. The molecule has 1 aromatic rings. The van der Waals surface area contributed by atoms with Crippen molar-refractivity contribution in [1.82, 2.24) is 15.2 Å². The van der Waals surface area contributed by atoms with Gasteiger partial charge < -0.3 is 15.3 Å². The molecule has 0 aromatic carbocycles. The number of aliphatic hydroxyl groups is 1. The van der Waals surface area contributed by atoms with E-state index in [4.69, 9.17) is 0 Å². The summed E-state index contributed by atoms with van der Waals surface area (Å²) < 4.78 is 0. The molecule has 1 aliphatic heterocycles. The number of hydrogen-bond acceptors (Lipinski definition) is 5. The lowest BCUT2D eigenvalue weighted by molar-refractivity contribution is -0.126. The number of carbonyl (C=O) groups excluding carboxylic acids is 2. The molecule has 6 nitrogen and oxygen atoms in total. The van der Waals surface area contributed by atoms with Gasteiger partial charge in [0.1, 0.15) is 0 Å². The van der Waals surface area contributed by atoms with Crippen LogP contribution in [0.4, 0.5) is 0 Å². The Morgan fingerprint density at radius 3 is 2.75 bits per heavy atom. The van der Waals surface area contributed by atoms with Gasteiger partial charge >= 0.3 is 0 Å². The van der Waals surface area contributed by atoms with Gasteiger partial charge in [0, 0.05) is 30.5 Å². The number of aryl methyl sites for hydroxylation is 1. The van der Waals surface area contributed by atoms with Crippen LogP contribution in [0.25, 0.3) is 6.08 Å². The average molecular weight is 351 g/mol. The fraction of sp³-hybridized carbons (Fsp3) is 0.588. The number of likely N-dealkylation sites (tertiary alicyclic amines) is 1. The monoisotopic (exact) mass is 351 g/mol. The second-order valence-corrected chi connectivity index (χ2v) is 7.43. The SMILES string of the molecule is Cc1nc(/C=C/C(=O)N2CC[C@H](NC(=O)C(C)C)[C@@H](O)CC2)cs1. The van der Waals surface area contributed by atoms with Crippen LogP contribution in [0, 0.1) is 12.8 Å². The van der Waals surface area contributed by atoms with Gasteiger partial charge in [0.2, 0.25) is 11.8 Å². The normalized spacial score (nSPS) is 22.0. The maximum Gasteiger partial charge on any atom is 0.246 e. The van der Waals surface area contributed by atoms with Crippen molar-refractivity contribution in [2.45, 2.75) is 45.8 Å². The molecule has 2 heterocycles. The first-order valence-corrected chi connectivity index (χ1v) is 9.12. The number of rotatable bonds is 4. The van der Waals surface area contributed by atoms with E-state index in [1.165, 1.54) is 6.08 Å². The molecule has 7 heteroatoms. The molecule has 0 saturated carbocycles. The van der Waals surface area contributed by atoms with E-state index in [-0.39, 0.29) is 23.8 Å². The van der Waals surface area contributed by atoms with Gasteiger partial charge in [-0.05, 0) is 25.8 Å². The molecule has 0 bridgehead atoms. The standard InChI is InChI=1S/C17H25N3O3S/c1-11(2)17(23)19-14-6-8-20(9-7-15(14)21)16(22)5-4-13-10-24-12(3)18-13/h4-5,10-11,14-15,21H,6-9H2,1-3H3,(H,19,23)/b5-4+/t14-,15-/m0/s1. The van der Waals surface area contributed by atoms with Gasteiger partial charge in [0.05, 0.1) is 22.8 Å². The summed E-state index contributed by atoms with van der Waals surface area (Å²) in [6.07, 6.45) is 3.61. The minimum absolute atomic E-state index is 0.0716. The minimum atomic E-state index is -0.629. The lowest BCUT2D eigenvalue weighted by Crippen LogP contribution is -2.44. The third kappa shape index (κ3) is 5.14. The minimum Gasteiger partial charge on any atom is -0.391 e. The summed E-state index contributed by atoms with van der Waals surface area (Å²) in [4.78, 5) is 30.1. The first kappa shape index (κ1) is 18.6. The number of nitrogens with zero attached hydrogens (tertiary/aromatic N) is 2. The van der Waals surface area contributed by atoms with Crippen molar-refractivity contribution in [3.8, 4) is 0 Å². The number of aromatic nitrogens is 1. The lowest BCUT2D eigenvalue weighted by Gasteiger charge is -2.22. The molecule has 1 saturated heterocycles. The van der Waals surface area contributed by atoms with Crippen LogP contribution in [0.3, 0.4) is 0 Å². The quantitative estimate of drug-likeness (QED) is 0.807. The van der Waals surface area contributed by atoms with Crippen molar-refractivity contribution < 1.29 is 14.7 Å². The van der Waals surface area contributed by atoms with E-state index in [0.717, 1.165) is 10.7 Å². The summed E-state index contributed by atoms with van der Waals surface area (Å²) in [6, 6.07) is -0.303. The van der Waals surface area contributed by atoms with Crippen molar-refractivity contribution in [2.24, 2.45) is 5.92 Å². The molecule has 24 heavy (non-hydrogen) atoms. The highest BCUT2D eigenvalue weighted by atomic mass is 32.1. The van der Waals surface area contributed by atoms with E-state index >= 15 is 0 Å². The maximum atomic E-state index is 12.3. The van der Waals surface area contributed by atoms with Crippen LogP contribution in [0.2, 0.25) is 0 Å². The Morgan fingerprint density at radius 2 is 2.12 bits per heavy atom. The molecule has 1 aliphatic rings. The van der Waals surface area contributed by atoms with Crippen LogP contribution < -0.4 is 5.32 Å². The highest BCUT2D eigenvalue weighted by molar-refractivity contribution is 7.09. The molecular weight excluding hydrogens is 326 g/mol. The van der Waals surface area contributed by atoms with Gasteiger partial charge in [-0.3, -0.25) is 9.59 Å². The fourth-order valence-electron chi connectivity index (χ4n) is 2.55. The van der Waals surface area contributed by atoms with Crippen LogP contribution in [0.1, 0.15) is 37.4 Å². The van der Waals surface area contributed by atoms with E-state index in [1.54, 1.807) is 22.3 Å². The molecule has 0 radical (unpaired) electrons. The van der Waals surface area contributed by atoms with Crippen molar-refractivity contribution in [1.29, 1.82) is 0 Å². The van der Waals surface area contributed by atoms with Gasteiger partial charge in [0.25, 0.3) is 0 Å². The summed E-state index contributed by atoms with van der Waals surface area (Å²) >= 11 is 1.54. The number of amides is 2. The second-order valence-electron chi connectivity index (χ2n) is 6.36. The largest absolute Gasteiger partial charge is 0.391 e. The number of thiazole rings is 1. The highest BCUT2D eigenvalue weighted by Crippen LogP contribution is 2.14. The molecule has 2 amide bonds. The summed E-state index contributed by atoms with van der Waals surface area (Å²) in [5.41, 5.74) is 0.780. The first-order valence-electron chi connectivity index (χ1n) is 8.24. The Bertz CT molecular complexity index is 612. The van der Waals surface area contributed by atoms with Crippen molar-refractivity contribution in [2.75, 3.05) is 13.1 Å². The predicted molar refractivity (Wildman–Crippen MR) is 94.5 cm³/mol. The van der Waals surface area contributed by atoms with Gasteiger partial charge in [-0.2, -0.15) is 0 Å². The summed E-state index contributed by atoms with van der Waals surface area (Å²) in [6.45, 7) is 6.55. The lowest BCUT2D eigenvalue weighted by atomic mass is 10.1. The van der Waals surface area contributed by atoms with E-state index < -0.39 is 6.10 Å². The summed E-state index contributed by atoms with van der Waals surface area (Å²) in [5.74, 6) is -0.288. The van der Waals surface area contributed by atoms with E-state index in [9.17, 15) is 14.7 Å². The van der Waals surface area contributed by atoms with Gasteiger partial charge in [-0.25, -0.2) is 4.98 Å². The van der Waals surface area contributed by atoms with Crippen LogP contribution in [0.15, 0.2) is 11.5 Å². The Balaban J connectivity index is 1.92. The Morgan fingerprint density at radius 1 is 1.42 bits per heavy atom. The third-order valence-electron chi connectivity index (χ3n) is 4.07. The van der Waals surface area contributed by atoms with Gasteiger partial charge in [0.15, 0.2) is 0 Å². The molecule has 2 atom stereocenters. The Kier molecular flexibility index (Phi) is 6.51. The molecule has 0 unspecified atom stereocenters. The summed E-state index contributed by atoms with van der Waals surface area (Å²) in [5, 5.41) is 16.0. The van der Waals surface area contributed by atoms with Crippen molar-refractivity contribution in [3.05, 3.63) is 22.2 Å². The molecule has 1 aromatic heterocycles. The topological polar surface area (TPSA) is 82.5 Å². The zero-order valence-corrected chi connectivity index (χ0v) is 15.2. The average Bonchev–Trinajstić information content (AvgIpc) is 2.87. The zero-order chi connectivity index (χ0) is 17.7. The number of hydrogen-bond donors (Lipinski definition) is 2. The second kappa shape index (κ2) is 8.39. The smallest absolute Gasteiger partial charge is 0.246 e. The molecule has 0 spiro atoms. The summed E-state index contributed by atoms with van der Waals surface area (Å²) in [7, 11) is 0. The maximum absolute atomic E-state index is 12.3. The number of carbonyl (C=O) groups is 2. The molecular formula is C17H25N3O3S. The van der Waals surface area contributed by atoms with E-state index in [2.05, 4.69) is 10.3 Å². The van der Waals surface area contributed by atoms with Crippen LogP contribution >= 0.6 is 11.3 Å². The van der Waals surface area contributed by atoms with Gasteiger partial charge in [-0.1, -0.05) is 13.8 Å². The van der Waals surface area contributed by atoms with Crippen LogP contribution in [0.5, 0.6) is 0 Å². The number of nitrogens with one attached hydrogen (secondary N) is 1. The highest BCUT2D eigenvalue weighted by Gasteiger charge is 2.27. The Hall–Kier alpha value is -1.73. The molecule has 0 aliphatic carbocycles. The van der Waals surface area contributed by atoms with Crippen molar-refractivity contribution >= 4 is 29.2 Å². The van der Waals surface area contributed by atoms with Crippen molar-refractivity contribution in [3.63, 3.8) is 0 Å². The van der Waals surface area contributed by atoms with Crippen LogP contribution in [-0.4, -0.2) is 52.0 Å². The zero-order valence-electron chi connectivity index (χ0n) is 14.4. The molecule has 2 rings (SSSR count). The molecule has 132 valence electrons. The van der Waals surface area contributed by atoms with Gasteiger partial charge in [-0.15, -0.1) is 11.3 Å². The molecule has 2 N–H and O–H groups in total. The Labute approximate surface area is 146 Å². The molecule has 1 fully saturated rings. The third-order valence-corrected chi connectivity index (χ3v) is 4.86. The predicted octanol–water partition coefficient (Wildman–Crippen LogP) is 1.59. The van der Waals surface area contributed by atoms with Crippen LogP contribution in [-0.2, 0) is 9.59 Å². The first-order chi connectivity index (χ1) is 11.4. The van der Waals surface area contributed by atoms with E-state index in [0.29, 0.717) is 25.9 Å².